The normalized spacial score (nSPS) is 19.8. The van der Waals surface area contributed by atoms with E-state index in [2.05, 4.69) is 0 Å². The fourth-order valence-corrected chi connectivity index (χ4v) is 3.23. The highest BCUT2D eigenvalue weighted by molar-refractivity contribution is 6.31. The van der Waals surface area contributed by atoms with Gasteiger partial charge in [0, 0.05) is 31.7 Å². The van der Waals surface area contributed by atoms with Gasteiger partial charge in [0.05, 0.1) is 5.02 Å². The summed E-state index contributed by atoms with van der Waals surface area (Å²) in [7, 11) is 0. The predicted octanol–water partition coefficient (Wildman–Crippen LogP) is 2.80. The zero-order valence-electron chi connectivity index (χ0n) is 11.8. The summed E-state index contributed by atoms with van der Waals surface area (Å²) in [5.74, 6) is -0.554. The molecule has 3 rings (SSSR count). The number of carbonyl (C=O) groups excluding carboxylic acids is 1. The topological polar surface area (TPSA) is 62.5 Å². The molecule has 1 saturated carbocycles. The van der Waals surface area contributed by atoms with Crippen LogP contribution in [0.2, 0.25) is 5.02 Å². The molecule has 0 bridgehead atoms. The number of hydrogen-bond acceptors (Lipinski definition) is 2. The Balaban J connectivity index is 1.65. The van der Waals surface area contributed by atoms with Gasteiger partial charge in [0.2, 0.25) is 0 Å². The van der Waals surface area contributed by atoms with Gasteiger partial charge >= 0.3 is 5.97 Å². The van der Waals surface area contributed by atoms with E-state index in [9.17, 15) is 9.59 Å². The first-order valence-electron chi connectivity index (χ1n) is 7.43. The van der Waals surface area contributed by atoms with Gasteiger partial charge in [0.15, 0.2) is 0 Å². The van der Waals surface area contributed by atoms with Crippen LogP contribution in [0.3, 0.4) is 0 Å². The summed E-state index contributed by atoms with van der Waals surface area (Å²) < 4.78 is 1.99. The van der Waals surface area contributed by atoms with Crippen molar-refractivity contribution in [2.24, 2.45) is 5.92 Å². The Morgan fingerprint density at radius 3 is 2.48 bits per heavy atom. The molecule has 1 aromatic heterocycles. The number of likely N-dealkylation sites (tertiary alicyclic amines) is 1. The van der Waals surface area contributed by atoms with Gasteiger partial charge in [-0.1, -0.05) is 11.6 Å². The van der Waals surface area contributed by atoms with Crippen molar-refractivity contribution in [3.8, 4) is 0 Å². The van der Waals surface area contributed by atoms with E-state index >= 15 is 0 Å². The fourth-order valence-electron chi connectivity index (χ4n) is 3.02. The number of amides is 1. The summed E-state index contributed by atoms with van der Waals surface area (Å²) in [6.07, 6.45) is 5.76. The third kappa shape index (κ3) is 3.23. The zero-order chi connectivity index (χ0) is 15.0. The lowest BCUT2D eigenvalue weighted by atomic mass is 9.93. The largest absolute Gasteiger partial charge is 0.481 e. The molecule has 1 N–H and O–H groups in total. The third-order valence-corrected chi connectivity index (χ3v) is 4.55. The number of hydrogen-bond donors (Lipinski definition) is 1. The highest BCUT2D eigenvalue weighted by atomic mass is 35.5. The van der Waals surface area contributed by atoms with E-state index in [1.54, 1.807) is 6.07 Å². The first kappa shape index (κ1) is 14.4. The van der Waals surface area contributed by atoms with Crippen LogP contribution in [0.4, 0.5) is 0 Å². The Morgan fingerprint density at radius 1 is 1.24 bits per heavy atom. The first-order valence-corrected chi connectivity index (χ1v) is 7.81. The number of rotatable bonds is 4. The van der Waals surface area contributed by atoms with Gasteiger partial charge in [-0.15, -0.1) is 0 Å². The number of halogens is 1. The van der Waals surface area contributed by atoms with Gasteiger partial charge in [-0.3, -0.25) is 9.59 Å². The van der Waals surface area contributed by atoms with E-state index in [1.807, 2.05) is 15.7 Å². The van der Waals surface area contributed by atoms with E-state index in [0.717, 1.165) is 25.7 Å². The van der Waals surface area contributed by atoms with E-state index in [1.165, 1.54) is 0 Å². The smallest absolute Gasteiger partial charge is 0.303 e. The highest BCUT2D eigenvalue weighted by Gasteiger charge is 2.31. The van der Waals surface area contributed by atoms with E-state index in [-0.39, 0.29) is 18.2 Å². The van der Waals surface area contributed by atoms with Crippen molar-refractivity contribution in [2.75, 3.05) is 13.1 Å². The summed E-state index contributed by atoms with van der Waals surface area (Å²) >= 11 is 6.04. The van der Waals surface area contributed by atoms with E-state index in [4.69, 9.17) is 16.7 Å². The monoisotopic (exact) mass is 310 g/mol. The molecule has 5 nitrogen and oxygen atoms in total. The Hall–Kier alpha value is -1.49. The second-order valence-corrected chi connectivity index (χ2v) is 6.45. The number of nitrogens with zero attached hydrogens (tertiary/aromatic N) is 2. The fraction of sp³-hybridized carbons (Fsp3) is 0.600. The van der Waals surface area contributed by atoms with Crippen molar-refractivity contribution >= 4 is 23.5 Å². The van der Waals surface area contributed by atoms with E-state index in [0.29, 0.717) is 29.8 Å². The summed E-state index contributed by atoms with van der Waals surface area (Å²) in [5.41, 5.74) is 0.666. The third-order valence-electron chi connectivity index (χ3n) is 4.34. The van der Waals surface area contributed by atoms with Crippen LogP contribution in [0.15, 0.2) is 12.3 Å². The number of carboxylic acids is 1. The Labute approximate surface area is 128 Å². The maximum absolute atomic E-state index is 12.6. The van der Waals surface area contributed by atoms with Crippen molar-refractivity contribution < 1.29 is 14.7 Å². The van der Waals surface area contributed by atoms with Crippen LogP contribution in [0.1, 0.15) is 48.6 Å². The lowest BCUT2D eigenvalue weighted by molar-refractivity contribution is -0.138. The van der Waals surface area contributed by atoms with Crippen molar-refractivity contribution in [1.82, 2.24) is 9.47 Å². The summed E-state index contributed by atoms with van der Waals surface area (Å²) in [6, 6.07) is 2.16. The molecule has 0 spiro atoms. The molecule has 21 heavy (non-hydrogen) atoms. The van der Waals surface area contributed by atoms with Gasteiger partial charge in [0.1, 0.15) is 5.69 Å². The molecule has 0 aromatic carbocycles. The maximum atomic E-state index is 12.6. The molecular formula is C15H19ClN2O3. The van der Waals surface area contributed by atoms with Gasteiger partial charge < -0.3 is 14.6 Å². The molecule has 0 unspecified atom stereocenters. The lowest BCUT2D eigenvalue weighted by Crippen LogP contribution is -2.39. The molecule has 0 atom stereocenters. The molecule has 0 radical (unpaired) electrons. The van der Waals surface area contributed by atoms with Crippen LogP contribution >= 0.6 is 11.6 Å². The SMILES string of the molecule is O=C(O)CC1CCN(C(=O)c2cc(Cl)cn2C2CC2)CC1. The molecule has 2 heterocycles. The molecule has 2 aliphatic rings. The van der Waals surface area contributed by atoms with Gasteiger partial charge in [-0.2, -0.15) is 0 Å². The molecule has 2 fully saturated rings. The second-order valence-electron chi connectivity index (χ2n) is 6.02. The van der Waals surface area contributed by atoms with Crippen LogP contribution < -0.4 is 0 Å². The molecular weight excluding hydrogens is 292 g/mol. The minimum absolute atomic E-state index is 0.0163. The van der Waals surface area contributed by atoms with Crippen molar-refractivity contribution in [3.05, 3.63) is 23.0 Å². The second kappa shape index (κ2) is 5.72. The van der Waals surface area contributed by atoms with Crippen LogP contribution in [0, 0.1) is 5.92 Å². The van der Waals surface area contributed by atoms with Gasteiger partial charge in [0.25, 0.3) is 5.91 Å². The summed E-state index contributed by atoms with van der Waals surface area (Å²) in [6.45, 7) is 1.26. The first-order chi connectivity index (χ1) is 10.0. The molecule has 1 aromatic rings. The predicted molar refractivity (Wildman–Crippen MR) is 78.6 cm³/mol. The van der Waals surface area contributed by atoms with Crippen LogP contribution in [-0.2, 0) is 4.79 Å². The molecule has 1 amide bonds. The standard InChI is InChI=1S/C15H19ClN2O3/c16-11-8-13(18(9-11)12-1-2-12)15(21)17-5-3-10(4-6-17)7-14(19)20/h8-10,12H,1-7H2,(H,19,20). The lowest BCUT2D eigenvalue weighted by Gasteiger charge is -2.31. The molecule has 114 valence electrons. The summed E-state index contributed by atoms with van der Waals surface area (Å²) in [5, 5.41) is 9.43. The zero-order valence-corrected chi connectivity index (χ0v) is 12.6. The Morgan fingerprint density at radius 2 is 1.90 bits per heavy atom. The number of carbonyl (C=O) groups is 2. The number of carboxylic acid groups (broad SMARTS) is 1. The highest BCUT2D eigenvalue weighted by Crippen LogP contribution is 2.38. The van der Waals surface area contributed by atoms with Crippen molar-refractivity contribution in [2.45, 2.75) is 38.1 Å². The van der Waals surface area contributed by atoms with Crippen molar-refractivity contribution in [1.29, 1.82) is 0 Å². The molecule has 1 saturated heterocycles. The number of piperidine rings is 1. The number of aromatic nitrogens is 1. The Bertz CT molecular complexity index is 557. The van der Waals surface area contributed by atoms with Gasteiger partial charge in [-0.25, -0.2) is 0 Å². The van der Waals surface area contributed by atoms with Gasteiger partial charge in [-0.05, 0) is 37.7 Å². The average molecular weight is 311 g/mol. The van der Waals surface area contributed by atoms with Crippen molar-refractivity contribution in [3.63, 3.8) is 0 Å². The van der Waals surface area contributed by atoms with Crippen LogP contribution in [-0.4, -0.2) is 39.5 Å². The maximum Gasteiger partial charge on any atom is 0.303 e. The van der Waals surface area contributed by atoms with Crippen LogP contribution in [0.25, 0.3) is 0 Å². The Kier molecular flexibility index (Phi) is 3.93. The molecule has 1 aliphatic heterocycles. The minimum Gasteiger partial charge on any atom is -0.481 e. The van der Waals surface area contributed by atoms with Crippen LogP contribution in [0.5, 0.6) is 0 Å². The average Bonchev–Trinajstić information content (AvgIpc) is 3.21. The van der Waals surface area contributed by atoms with E-state index < -0.39 is 5.97 Å². The number of aliphatic carboxylic acids is 1. The molecule has 6 heteroatoms. The summed E-state index contributed by atoms with van der Waals surface area (Å²) in [4.78, 5) is 25.2. The molecule has 1 aliphatic carbocycles. The minimum atomic E-state index is -0.755. The quantitative estimate of drug-likeness (QED) is 0.930.